The van der Waals surface area contributed by atoms with Crippen molar-refractivity contribution in [3.63, 3.8) is 0 Å². The zero-order valence-electron chi connectivity index (χ0n) is 14.1. The van der Waals surface area contributed by atoms with Crippen molar-refractivity contribution in [1.82, 2.24) is 0 Å². The van der Waals surface area contributed by atoms with Crippen LogP contribution in [0.25, 0.3) is 0 Å². The minimum absolute atomic E-state index is 0.0870. The molecule has 0 aromatic heterocycles. The molecule has 138 valence electrons. The molecule has 0 bridgehead atoms. The van der Waals surface area contributed by atoms with Crippen LogP contribution in [0.1, 0.15) is 22.8 Å². The molecule has 0 saturated carbocycles. The predicted octanol–water partition coefficient (Wildman–Crippen LogP) is 4.37. The Morgan fingerprint density at radius 3 is 2.58 bits per heavy atom. The highest BCUT2D eigenvalue weighted by Gasteiger charge is 2.16. The molecule has 26 heavy (non-hydrogen) atoms. The lowest BCUT2D eigenvalue weighted by Gasteiger charge is -2.14. The van der Waals surface area contributed by atoms with Crippen LogP contribution in [-0.2, 0) is 4.79 Å². The second-order valence-corrected chi connectivity index (χ2v) is 6.89. The van der Waals surface area contributed by atoms with E-state index < -0.39 is 5.97 Å². The third kappa shape index (κ3) is 5.25. The smallest absolute Gasteiger partial charge is 0.335 e. The molecular weight excluding hydrogens is 473 g/mol. The largest absolute Gasteiger partial charge is 0.490 e. The molecule has 0 atom stereocenters. The van der Waals surface area contributed by atoms with E-state index in [1.165, 1.54) is 12.1 Å². The number of rotatable bonds is 7. The van der Waals surface area contributed by atoms with Crippen LogP contribution in [0, 0.1) is 10.5 Å². The van der Waals surface area contributed by atoms with Crippen LogP contribution < -0.4 is 14.8 Å². The number of anilines is 1. The Kier molecular flexibility index (Phi) is 7.10. The molecule has 0 unspecified atom stereocenters. The lowest BCUT2D eigenvalue weighted by molar-refractivity contribution is -0.118. The Morgan fingerprint density at radius 2 is 1.96 bits per heavy atom. The number of nitrogens with one attached hydrogen (secondary N) is 1. The summed E-state index contributed by atoms with van der Waals surface area (Å²) in [5.74, 6) is -0.826. The maximum atomic E-state index is 12.1. The Bertz CT molecular complexity index is 841. The number of carbonyl (C=O) groups excluding carboxylic acids is 1. The maximum absolute atomic E-state index is 12.1. The highest BCUT2D eigenvalue weighted by Crippen LogP contribution is 2.34. The van der Waals surface area contributed by atoms with Crippen LogP contribution in [0.15, 0.2) is 30.3 Å². The van der Waals surface area contributed by atoms with Gasteiger partial charge < -0.3 is 19.9 Å². The molecule has 2 aromatic rings. The van der Waals surface area contributed by atoms with Crippen LogP contribution >= 0.6 is 34.2 Å². The number of carbonyl (C=O) groups is 2. The van der Waals surface area contributed by atoms with Crippen molar-refractivity contribution in [3.8, 4) is 11.5 Å². The lowest BCUT2D eigenvalue weighted by atomic mass is 10.2. The third-order valence-electron chi connectivity index (χ3n) is 3.36. The van der Waals surface area contributed by atoms with E-state index in [-0.39, 0.29) is 23.8 Å². The maximum Gasteiger partial charge on any atom is 0.335 e. The van der Waals surface area contributed by atoms with E-state index in [4.69, 9.17) is 26.2 Å². The van der Waals surface area contributed by atoms with Crippen molar-refractivity contribution in [2.45, 2.75) is 13.8 Å². The lowest BCUT2D eigenvalue weighted by Crippen LogP contribution is -2.20. The van der Waals surface area contributed by atoms with Gasteiger partial charge in [-0.25, -0.2) is 4.79 Å². The van der Waals surface area contributed by atoms with Gasteiger partial charge in [0.05, 0.1) is 15.7 Å². The number of benzene rings is 2. The van der Waals surface area contributed by atoms with Gasteiger partial charge in [0.1, 0.15) is 0 Å². The average Bonchev–Trinajstić information content (AvgIpc) is 2.57. The van der Waals surface area contributed by atoms with E-state index in [1.54, 1.807) is 25.1 Å². The van der Waals surface area contributed by atoms with E-state index >= 15 is 0 Å². The van der Waals surface area contributed by atoms with Gasteiger partial charge in [0.25, 0.3) is 5.91 Å². The summed E-state index contributed by atoms with van der Waals surface area (Å²) < 4.78 is 11.6. The summed E-state index contributed by atoms with van der Waals surface area (Å²) in [6.45, 7) is 3.73. The van der Waals surface area contributed by atoms with Gasteiger partial charge in [-0.2, -0.15) is 0 Å². The summed E-state index contributed by atoms with van der Waals surface area (Å²) in [6.07, 6.45) is 0. The summed E-state index contributed by atoms with van der Waals surface area (Å²) in [4.78, 5) is 23.3. The minimum Gasteiger partial charge on any atom is -0.490 e. The fourth-order valence-corrected chi connectivity index (χ4v) is 3.04. The molecule has 6 nitrogen and oxygen atoms in total. The molecule has 0 aliphatic rings. The fraction of sp³-hybridized carbons (Fsp3) is 0.222. The number of halogens is 2. The number of amides is 1. The Morgan fingerprint density at radius 1 is 1.23 bits per heavy atom. The summed E-state index contributed by atoms with van der Waals surface area (Å²) >= 11 is 7.98. The number of hydrogen-bond donors (Lipinski definition) is 2. The zero-order chi connectivity index (χ0) is 19.3. The first-order chi connectivity index (χ1) is 12.3. The Labute approximate surface area is 169 Å². The van der Waals surface area contributed by atoms with Crippen molar-refractivity contribution in [2.24, 2.45) is 0 Å². The minimum atomic E-state index is -1.07. The van der Waals surface area contributed by atoms with Gasteiger partial charge in [0.15, 0.2) is 18.1 Å². The van der Waals surface area contributed by atoms with Gasteiger partial charge in [-0.3, -0.25) is 4.79 Å². The molecule has 2 aromatic carbocycles. The third-order valence-corrected chi connectivity index (χ3v) is 4.57. The van der Waals surface area contributed by atoms with Gasteiger partial charge in [-0.1, -0.05) is 17.7 Å². The van der Waals surface area contributed by atoms with Crippen molar-refractivity contribution >= 4 is 51.8 Å². The van der Waals surface area contributed by atoms with E-state index in [0.717, 1.165) is 5.56 Å². The summed E-state index contributed by atoms with van der Waals surface area (Å²) in [7, 11) is 0. The Balaban J connectivity index is 2.11. The first kappa shape index (κ1) is 20.3. The van der Waals surface area contributed by atoms with Crippen molar-refractivity contribution in [2.75, 3.05) is 18.5 Å². The van der Waals surface area contributed by atoms with Crippen LogP contribution in [0.2, 0.25) is 5.02 Å². The molecule has 0 aliphatic carbocycles. The first-order valence-electron chi connectivity index (χ1n) is 7.70. The SMILES string of the molecule is CCOc1cc(C(=O)O)cc(I)c1OCC(=O)Nc1ccc(C)c(Cl)c1. The topological polar surface area (TPSA) is 84.9 Å². The number of carboxylic acids is 1. The first-order valence-corrected chi connectivity index (χ1v) is 9.16. The zero-order valence-corrected chi connectivity index (χ0v) is 17.1. The van der Waals surface area contributed by atoms with Crippen LogP contribution in [0.4, 0.5) is 5.69 Å². The van der Waals surface area contributed by atoms with Crippen LogP contribution in [0.3, 0.4) is 0 Å². The summed E-state index contributed by atoms with van der Waals surface area (Å²) in [6, 6.07) is 8.04. The fourth-order valence-electron chi connectivity index (χ4n) is 2.10. The van der Waals surface area contributed by atoms with Crippen molar-refractivity contribution in [1.29, 1.82) is 0 Å². The molecule has 0 aliphatic heterocycles. The number of ether oxygens (including phenoxy) is 2. The highest BCUT2D eigenvalue weighted by atomic mass is 127. The van der Waals surface area contributed by atoms with Gasteiger partial charge in [-0.15, -0.1) is 0 Å². The number of hydrogen-bond acceptors (Lipinski definition) is 4. The summed E-state index contributed by atoms with van der Waals surface area (Å²) in [5, 5.41) is 12.4. The highest BCUT2D eigenvalue weighted by molar-refractivity contribution is 14.1. The molecule has 0 saturated heterocycles. The van der Waals surface area contributed by atoms with Crippen LogP contribution in [0.5, 0.6) is 11.5 Å². The standard InChI is InChI=1S/C18H17ClINO5/c1-3-25-15-7-11(18(23)24)6-14(20)17(15)26-9-16(22)21-12-5-4-10(2)13(19)8-12/h4-8H,3,9H2,1-2H3,(H,21,22)(H,23,24). The second-order valence-electron chi connectivity index (χ2n) is 5.32. The molecule has 2 N–H and O–H groups in total. The van der Waals surface area contributed by atoms with E-state index in [2.05, 4.69) is 5.32 Å². The average molecular weight is 490 g/mol. The van der Waals surface area contributed by atoms with Gasteiger partial charge in [0.2, 0.25) is 0 Å². The molecule has 0 fully saturated rings. The van der Waals surface area contributed by atoms with Crippen molar-refractivity contribution in [3.05, 3.63) is 50.1 Å². The number of aromatic carboxylic acids is 1. The van der Waals surface area contributed by atoms with Crippen molar-refractivity contribution < 1.29 is 24.2 Å². The molecule has 1 amide bonds. The predicted molar refractivity (Wildman–Crippen MR) is 108 cm³/mol. The van der Waals surface area contributed by atoms with Gasteiger partial charge >= 0.3 is 5.97 Å². The number of carboxylic acid groups (broad SMARTS) is 1. The quantitative estimate of drug-likeness (QED) is 0.564. The van der Waals surface area contributed by atoms with Gasteiger partial charge in [-0.05, 0) is 66.3 Å². The number of aryl methyl sites for hydroxylation is 1. The normalized spacial score (nSPS) is 10.3. The molecule has 0 radical (unpaired) electrons. The van der Waals surface area contributed by atoms with E-state index in [9.17, 15) is 9.59 Å². The van der Waals surface area contributed by atoms with E-state index in [0.29, 0.717) is 26.6 Å². The van der Waals surface area contributed by atoms with Gasteiger partial charge in [0, 0.05) is 10.7 Å². The summed E-state index contributed by atoms with van der Waals surface area (Å²) in [5.41, 5.74) is 1.56. The molecule has 8 heteroatoms. The Hall–Kier alpha value is -2.00. The molecular formula is C18H17ClINO5. The molecule has 2 rings (SSSR count). The van der Waals surface area contributed by atoms with Crippen LogP contribution in [-0.4, -0.2) is 30.2 Å². The molecule has 0 spiro atoms. The van der Waals surface area contributed by atoms with E-state index in [1.807, 2.05) is 29.5 Å². The monoisotopic (exact) mass is 489 g/mol. The molecule has 0 heterocycles. The second kappa shape index (κ2) is 9.09.